The Balaban J connectivity index is 2.20. The lowest BCUT2D eigenvalue weighted by Crippen LogP contribution is -2.51. The minimum atomic E-state index is -0.545. The Kier molecular flexibility index (Phi) is 8.71. The van der Waals surface area contributed by atoms with Crippen molar-refractivity contribution < 1.29 is 14.3 Å². The molecule has 2 aromatic rings. The summed E-state index contributed by atoms with van der Waals surface area (Å²) in [5.74, 6) is 0.303. The maximum Gasteiger partial charge on any atom is 0.261 e. The zero-order valence-electron chi connectivity index (χ0n) is 17.9. The molecule has 156 valence electrons. The largest absolute Gasteiger partial charge is 0.484 e. The molecule has 2 aromatic carbocycles. The highest BCUT2D eigenvalue weighted by Crippen LogP contribution is 2.15. The van der Waals surface area contributed by atoms with E-state index < -0.39 is 6.04 Å². The van der Waals surface area contributed by atoms with Gasteiger partial charge in [-0.05, 0) is 44.4 Å². The minimum Gasteiger partial charge on any atom is -0.484 e. The molecule has 0 fully saturated rings. The maximum atomic E-state index is 13.1. The van der Waals surface area contributed by atoms with Gasteiger partial charge in [0.05, 0.1) is 0 Å². The highest BCUT2D eigenvalue weighted by atomic mass is 16.5. The number of hydrogen-bond acceptors (Lipinski definition) is 3. The Morgan fingerprint density at radius 1 is 1.03 bits per heavy atom. The van der Waals surface area contributed by atoms with Gasteiger partial charge in [0.15, 0.2) is 6.61 Å². The highest BCUT2D eigenvalue weighted by molar-refractivity contribution is 5.88. The van der Waals surface area contributed by atoms with E-state index in [4.69, 9.17) is 4.74 Å². The van der Waals surface area contributed by atoms with E-state index in [0.29, 0.717) is 18.7 Å². The van der Waals surface area contributed by atoms with Crippen molar-refractivity contribution in [3.8, 4) is 5.75 Å². The normalized spacial score (nSPS) is 12.7. The first-order valence-electron chi connectivity index (χ1n) is 10.3. The summed E-state index contributed by atoms with van der Waals surface area (Å²) in [7, 11) is 0. The molecule has 0 saturated carbocycles. The average Bonchev–Trinajstić information content (AvgIpc) is 2.72. The van der Waals surface area contributed by atoms with E-state index in [0.717, 1.165) is 17.5 Å². The number of aryl methyl sites for hydroxylation is 1. The van der Waals surface area contributed by atoms with Gasteiger partial charge in [0.2, 0.25) is 5.91 Å². The topological polar surface area (TPSA) is 58.6 Å². The minimum absolute atomic E-state index is 0.0630. The molecule has 0 unspecified atom stereocenters. The van der Waals surface area contributed by atoms with Gasteiger partial charge in [0, 0.05) is 12.6 Å². The first kappa shape index (κ1) is 22.5. The van der Waals surface area contributed by atoms with E-state index in [-0.39, 0.29) is 24.5 Å². The third-order valence-electron chi connectivity index (χ3n) is 4.93. The molecular formula is C24H32N2O3. The van der Waals surface area contributed by atoms with Crippen LogP contribution in [0.5, 0.6) is 5.75 Å². The summed E-state index contributed by atoms with van der Waals surface area (Å²) in [4.78, 5) is 27.6. The first-order chi connectivity index (χ1) is 13.9. The number of rotatable bonds is 10. The Bertz CT molecular complexity index is 792. The Morgan fingerprint density at radius 2 is 1.76 bits per heavy atom. The van der Waals surface area contributed by atoms with Crippen molar-refractivity contribution in [1.82, 2.24) is 10.2 Å². The van der Waals surface area contributed by atoms with Crippen molar-refractivity contribution in [1.29, 1.82) is 0 Å². The van der Waals surface area contributed by atoms with Gasteiger partial charge >= 0.3 is 0 Å². The van der Waals surface area contributed by atoms with Crippen molar-refractivity contribution in [2.24, 2.45) is 0 Å². The molecular weight excluding hydrogens is 364 g/mol. The molecule has 0 aromatic heterocycles. The van der Waals surface area contributed by atoms with Crippen molar-refractivity contribution in [2.45, 2.75) is 59.2 Å². The number of carbonyl (C=O) groups excluding carboxylic acids is 2. The number of nitrogens with zero attached hydrogens (tertiary/aromatic N) is 1. The molecule has 0 aliphatic carbocycles. The summed E-state index contributed by atoms with van der Waals surface area (Å²) in [6, 6.07) is 16.8. The van der Waals surface area contributed by atoms with Crippen LogP contribution in [-0.2, 0) is 16.1 Å². The molecule has 0 saturated heterocycles. The van der Waals surface area contributed by atoms with Crippen LogP contribution in [-0.4, -0.2) is 35.4 Å². The fourth-order valence-electron chi connectivity index (χ4n) is 3.11. The molecule has 0 aliphatic rings. The van der Waals surface area contributed by atoms with Crippen LogP contribution < -0.4 is 10.1 Å². The summed E-state index contributed by atoms with van der Waals surface area (Å²) < 4.78 is 5.66. The van der Waals surface area contributed by atoms with Crippen LogP contribution in [0.1, 0.15) is 44.7 Å². The van der Waals surface area contributed by atoms with E-state index in [1.807, 2.05) is 82.3 Å². The summed E-state index contributed by atoms with van der Waals surface area (Å²) in [6.07, 6.45) is 1.37. The number of para-hydroxylation sites is 1. The Labute approximate surface area is 174 Å². The van der Waals surface area contributed by atoms with Gasteiger partial charge in [-0.2, -0.15) is 0 Å². The van der Waals surface area contributed by atoms with E-state index in [1.54, 1.807) is 4.90 Å². The standard InChI is InChI=1S/C24H32N2O3/c1-5-19(4)25-24(28)22(6-2)26(16-20-12-10-11-18(3)15-20)23(27)17-29-21-13-8-7-9-14-21/h7-15,19,22H,5-6,16-17H2,1-4H3,(H,25,28)/t19-,22-/m1/s1. The van der Waals surface area contributed by atoms with Crippen molar-refractivity contribution in [3.05, 3.63) is 65.7 Å². The zero-order valence-corrected chi connectivity index (χ0v) is 17.9. The number of amides is 2. The first-order valence-corrected chi connectivity index (χ1v) is 10.3. The number of carbonyl (C=O) groups is 2. The predicted octanol–water partition coefficient (Wildman–Crippen LogP) is 4.10. The molecule has 2 amide bonds. The van der Waals surface area contributed by atoms with Crippen LogP contribution in [0, 0.1) is 6.92 Å². The third kappa shape index (κ3) is 6.93. The second-order valence-electron chi connectivity index (χ2n) is 7.35. The van der Waals surface area contributed by atoms with Crippen molar-refractivity contribution in [2.75, 3.05) is 6.61 Å². The van der Waals surface area contributed by atoms with Gasteiger partial charge in [0.1, 0.15) is 11.8 Å². The van der Waals surface area contributed by atoms with Gasteiger partial charge in [-0.3, -0.25) is 9.59 Å². The molecule has 5 heteroatoms. The molecule has 0 aliphatic heterocycles. The van der Waals surface area contributed by atoms with Crippen LogP contribution in [0.25, 0.3) is 0 Å². The third-order valence-corrected chi connectivity index (χ3v) is 4.93. The molecule has 0 spiro atoms. The summed E-state index contributed by atoms with van der Waals surface area (Å²) in [5, 5.41) is 3.01. The van der Waals surface area contributed by atoms with Crippen molar-refractivity contribution in [3.63, 3.8) is 0 Å². The lowest BCUT2D eigenvalue weighted by atomic mass is 10.1. The van der Waals surface area contributed by atoms with E-state index in [2.05, 4.69) is 5.32 Å². The molecule has 2 rings (SSSR count). The molecule has 29 heavy (non-hydrogen) atoms. The van der Waals surface area contributed by atoms with Gasteiger partial charge in [-0.1, -0.05) is 61.9 Å². The van der Waals surface area contributed by atoms with E-state index >= 15 is 0 Å². The van der Waals surface area contributed by atoms with E-state index in [9.17, 15) is 9.59 Å². The Hall–Kier alpha value is -2.82. The second-order valence-corrected chi connectivity index (χ2v) is 7.35. The highest BCUT2D eigenvalue weighted by Gasteiger charge is 2.29. The monoisotopic (exact) mass is 396 g/mol. The van der Waals surface area contributed by atoms with Crippen molar-refractivity contribution >= 4 is 11.8 Å². The lowest BCUT2D eigenvalue weighted by Gasteiger charge is -2.31. The molecule has 1 N–H and O–H groups in total. The number of hydrogen-bond donors (Lipinski definition) is 1. The van der Waals surface area contributed by atoms with Gasteiger partial charge < -0.3 is 15.0 Å². The summed E-state index contributed by atoms with van der Waals surface area (Å²) in [5.41, 5.74) is 2.11. The molecule has 0 heterocycles. The van der Waals surface area contributed by atoms with Crippen LogP contribution >= 0.6 is 0 Å². The fraction of sp³-hybridized carbons (Fsp3) is 0.417. The molecule has 2 atom stereocenters. The molecule has 0 bridgehead atoms. The smallest absolute Gasteiger partial charge is 0.261 e. The number of benzene rings is 2. The number of nitrogens with one attached hydrogen (secondary N) is 1. The second kappa shape index (κ2) is 11.2. The van der Waals surface area contributed by atoms with Crippen LogP contribution in [0.3, 0.4) is 0 Å². The zero-order chi connectivity index (χ0) is 21.2. The quantitative estimate of drug-likeness (QED) is 0.658. The van der Waals surface area contributed by atoms with Crippen LogP contribution in [0.15, 0.2) is 54.6 Å². The van der Waals surface area contributed by atoms with Crippen LogP contribution in [0.2, 0.25) is 0 Å². The summed E-state index contributed by atoms with van der Waals surface area (Å²) in [6.45, 7) is 8.19. The predicted molar refractivity (Wildman–Crippen MR) is 116 cm³/mol. The van der Waals surface area contributed by atoms with Gasteiger partial charge in [0.25, 0.3) is 5.91 Å². The molecule has 0 radical (unpaired) electrons. The van der Waals surface area contributed by atoms with Gasteiger partial charge in [-0.15, -0.1) is 0 Å². The summed E-state index contributed by atoms with van der Waals surface area (Å²) >= 11 is 0. The van der Waals surface area contributed by atoms with Gasteiger partial charge in [-0.25, -0.2) is 0 Å². The Morgan fingerprint density at radius 3 is 2.38 bits per heavy atom. The molecule has 5 nitrogen and oxygen atoms in total. The van der Waals surface area contributed by atoms with E-state index in [1.165, 1.54) is 0 Å². The van der Waals surface area contributed by atoms with Crippen LogP contribution in [0.4, 0.5) is 0 Å². The average molecular weight is 397 g/mol. The number of ether oxygens (including phenoxy) is 1. The fourth-order valence-corrected chi connectivity index (χ4v) is 3.11. The lowest BCUT2D eigenvalue weighted by molar-refractivity contribution is -0.143. The maximum absolute atomic E-state index is 13.1. The SMILES string of the molecule is CC[C@@H](C)NC(=O)[C@@H](CC)N(Cc1cccc(C)c1)C(=O)COc1ccccc1.